The molecule has 0 spiro atoms. The van der Waals surface area contributed by atoms with Gasteiger partial charge in [0.05, 0.1) is 16.8 Å². The van der Waals surface area contributed by atoms with E-state index in [2.05, 4.69) is 4.98 Å². The lowest BCUT2D eigenvalue weighted by atomic mass is 10.0. The molecule has 0 radical (unpaired) electrons. The predicted octanol–water partition coefficient (Wildman–Crippen LogP) is 3.93. The molecule has 1 aromatic heterocycles. The van der Waals surface area contributed by atoms with Gasteiger partial charge in [-0.2, -0.15) is 0 Å². The van der Waals surface area contributed by atoms with Crippen molar-refractivity contribution in [3.05, 3.63) is 40.2 Å². The van der Waals surface area contributed by atoms with E-state index in [0.29, 0.717) is 13.2 Å². The van der Waals surface area contributed by atoms with Crippen molar-refractivity contribution in [1.82, 2.24) is 9.88 Å². The van der Waals surface area contributed by atoms with E-state index in [-0.39, 0.29) is 36.8 Å². The van der Waals surface area contributed by atoms with Crippen LogP contribution in [0.5, 0.6) is 0 Å². The van der Waals surface area contributed by atoms with Gasteiger partial charge in [-0.15, -0.1) is 36.2 Å². The summed E-state index contributed by atoms with van der Waals surface area (Å²) in [5.74, 6) is 0.0919. The summed E-state index contributed by atoms with van der Waals surface area (Å²) in [5.41, 5.74) is 8.15. The van der Waals surface area contributed by atoms with Crippen molar-refractivity contribution in [3.63, 3.8) is 0 Å². The van der Waals surface area contributed by atoms with Crippen LogP contribution in [0, 0.1) is 6.92 Å². The van der Waals surface area contributed by atoms with Crippen LogP contribution in [-0.4, -0.2) is 48.1 Å². The Morgan fingerprint density at radius 3 is 2.70 bits per heavy atom. The van der Waals surface area contributed by atoms with E-state index in [1.165, 1.54) is 0 Å². The number of hydrogen-bond donors (Lipinski definition) is 1. The highest BCUT2D eigenvalue weighted by molar-refractivity contribution is 7.09. The summed E-state index contributed by atoms with van der Waals surface area (Å²) in [6.07, 6.45) is 2.92. The molecule has 150 valence electrons. The molecule has 0 atom stereocenters. The number of piperidine rings is 1. The van der Waals surface area contributed by atoms with Crippen LogP contribution in [0.2, 0.25) is 0 Å². The van der Waals surface area contributed by atoms with Crippen LogP contribution in [0.15, 0.2) is 29.6 Å². The highest BCUT2D eigenvalue weighted by Crippen LogP contribution is 2.24. The molecule has 1 aliphatic heterocycles. The van der Waals surface area contributed by atoms with Crippen molar-refractivity contribution < 1.29 is 9.53 Å². The smallest absolute Gasteiger partial charge is 0.253 e. The average Bonchev–Trinajstić information content (AvgIpc) is 3.08. The second kappa shape index (κ2) is 11.6. The zero-order valence-electron chi connectivity index (χ0n) is 15.4. The number of aromatic nitrogens is 1. The molecule has 5 nitrogen and oxygen atoms in total. The van der Waals surface area contributed by atoms with E-state index >= 15 is 0 Å². The summed E-state index contributed by atoms with van der Waals surface area (Å²) in [6.45, 7) is 4.84. The van der Waals surface area contributed by atoms with E-state index < -0.39 is 0 Å². The van der Waals surface area contributed by atoms with Gasteiger partial charge in [0.15, 0.2) is 0 Å². The molecule has 27 heavy (non-hydrogen) atoms. The van der Waals surface area contributed by atoms with E-state index in [4.69, 9.17) is 10.5 Å². The van der Waals surface area contributed by atoms with E-state index in [1.807, 2.05) is 41.5 Å². The maximum Gasteiger partial charge on any atom is 0.253 e. The minimum atomic E-state index is 0. The molecule has 2 heterocycles. The summed E-state index contributed by atoms with van der Waals surface area (Å²) < 4.78 is 5.81. The molecule has 0 saturated carbocycles. The van der Waals surface area contributed by atoms with Gasteiger partial charge in [0.25, 0.3) is 5.91 Å². The van der Waals surface area contributed by atoms with E-state index in [9.17, 15) is 4.79 Å². The van der Waals surface area contributed by atoms with Gasteiger partial charge in [0.2, 0.25) is 0 Å². The molecule has 1 aliphatic rings. The molecule has 0 unspecified atom stereocenters. The van der Waals surface area contributed by atoms with Gasteiger partial charge in [-0.25, -0.2) is 4.98 Å². The molecule has 2 aromatic rings. The number of halogens is 2. The van der Waals surface area contributed by atoms with Gasteiger partial charge in [-0.1, -0.05) is 12.1 Å². The van der Waals surface area contributed by atoms with Gasteiger partial charge in [0, 0.05) is 36.2 Å². The topological polar surface area (TPSA) is 68.5 Å². The fourth-order valence-corrected chi connectivity index (χ4v) is 3.67. The summed E-state index contributed by atoms with van der Waals surface area (Å²) in [6, 6.07) is 7.76. The number of rotatable bonds is 6. The SMILES string of the molecule is Cc1nc(-c2cccc(C(=O)N3CCC(OCCCN)CC3)c2)cs1.Cl.Cl. The third-order valence-electron chi connectivity index (χ3n) is 4.46. The van der Waals surface area contributed by atoms with Crippen LogP contribution in [0.1, 0.15) is 34.6 Å². The number of amides is 1. The number of benzene rings is 1. The van der Waals surface area contributed by atoms with E-state index in [1.54, 1.807) is 11.3 Å². The van der Waals surface area contributed by atoms with Crippen LogP contribution < -0.4 is 5.73 Å². The van der Waals surface area contributed by atoms with Gasteiger partial charge < -0.3 is 15.4 Å². The molecule has 8 heteroatoms. The number of nitrogens with zero attached hydrogens (tertiary/aromatic N) is 2. The Morgan fingerprint density at radius 1 is 1.33 bits per heavy atom. The Balaban J connectivity index is 0.00000182. The molecular weight excluding hydrogens is 405 g/mol. The normalized spacial score (nSPS) is 14.4. The first-order valence-electron chi connectivity index (χ1n) is 8.81. The highest BCUT2D eigenvalue weighted by Gasteiger charge is 2.24. The average molecular weight is 432 g/mol. The maximum atomic E-state index is 12.8. The van der Waals surface area contributed by atoms with Crippen molar-refractivity contribution in [1.29, 1.82) is 0 Å². The van der Waals surface area contributed by atoms with Gasteiger partial charge in [-0.3, -0.25) is 4.79 Å². The third kappa shape index (κ3) is 6.43. The lowest BCUT2D eigenvalue weighted by molar-refractivity contribution is 0.00845. The zero-order chi connectivity index (χ0) is 17.6. The molecule has 3 rings (SSSR count). The molecule has 1 aromatic carbocycles. The minimum absolute atomic E-state index is 0. The number of carbonyl (C=O) groups is 1. The molecule has 1 saturated heterocycles. The molecule has 1 fully saturated rings. The lowest BCUT2D eigenvalue weighted by Gasteiger charge is -2.32. The summed E-state index contributed by atoms with van der Waals surface area (Å²) in [4.78, 5) is 19.2. The summed E-state index contributed by atoms with van der Waals surface area (Å²) >= 11 is 1.62. The fraction of sp³-hybridized carbons (Fsp3) is 0.474. The minimum Gasteiger partial charge on any atom is -0.378 e. The van der Waals surface area contributed by atoms with Crippen LogP contribution >= 0.6 is 36.2 Å². The molecule has 0 bridgehead atoms. The van der Waals surface area contributed by atoms with Crippen molar-refractivity contribution in [2.75, 3.05) is 26.2 Å². The largest absolute Gasteiger partial charge is 0.378 e. The molecule has 0 aliphatic carbocycles. The van der Waals surface area contributed by atoms with Crippen molar-refractivity contribution >= 4 is 42.1 Å². The summed E-state index contributed by atoms with van der Waals surface area (Å²) in [5, 5.41) is 3.06. The highest BCUT2D eigenvalue weighted by atomic mass is 35.5. The van der Waals surface area contributed by atoms with Gasteiger partial charge >= 0.3 is 0 Å². The molecular formula is C19H27Cl2N3O2S. The zero-order valence-corrected chi connectivity index (χ0v) is 17.9. The Hall–Kier alpha value is -1.18. The number of ether oxygens (including phenoxy) is 1. The number of nitrogens with two attached hydrogens (primary N) is 1. The maximum absolute atomic E-state index is 12.8. The standard InChI is InChI=1S/C19H25N3O2S.2ClH/c1-14-21-18(13-25-14)15-4-2-5-16(12-15)19(23)22-9-6-17(7-10-22)24-11-3-8-20;;/h2,4-5,12-13,17H,3,6-11,20H2,1H3;2*1H. The summed E-state index contributed by atoms with van der Waals surface area (Å²) in [7, 11) is 0. The van der Waals surface area contributed by atoms with Crippen LogP contribution in [-0.2, 0) is 4.74 Å². The Kier molecular flexibility index (Phi) is 10.3. The number of aryl methyl sites for hydroxylation is 1. The van der Waals surface area contributed by atoms with Crippen LogP contribution in [0.25, 0.3) is 11.3 Å². The number of thiazole rings is 1. The first-order valence-corrected chi connectivity index (χ1v) is 9.69. The number of likely N-dealkylation sites (tertiary alicyclic amines) is 1. The van der Waals surface area contributed by atoms with E-state index in [0.717, 1.165) is 54.2 Å². The third-order valence-corrected chi connectivity index (χ3v) is 5.23. The monoisotopic (exact) mass is 431 g/mol. The first-order chi connectivity index (χ1) is 12.2. The number of carbonyl (C=O) groups excluding carboxylic acids is 1. The number of hydrogen-bond acceptors (Lipinski definition) is 5. The molecule has 1 amide bonds. The van der Waals surface area contributed by atoms with Crippen molar-refractivity contribution in [3.8, 4) is 11.3 Å². The predicted molar refractivity (Wildman–Crippen MR) is 115 cm³/mol. The Labute approximate surface area is 177 Å². The molecule has 2 N–H and O–H groups in total. The van der Waals surface area contributed by atoms with Crippen molar-refractivity contribution in [2.24, 2.45) is 5.73 Å². The second-order valence-corrected chi connectivity index (χ2v) is 7.40. The fourth-order valence-electron chi connectivity index (χ4n) is 3.05. The Morgan fingerprint density at radius 2 is 2.07 bits per heavy atom. The second-order valence-electron chi connectivity index (χ2n) is 6.34. The first kappa shape index (κ1) is 23.9. The Bertz CT molecular complexity index is 718. The van der Waals surface area contributed by atoms with Crippen LogP contribution in [0.4, 0.5) is 0 Å². The van der Waals surface area contributed by atoms with Crippen LogP contribution in [0.3, 0.4) is 0 Å². The lowest BCUT2D eigenvalue weighted by Crippen LogP contribution is -2.41. The van der Waals surface area contributed by atoms with Gasteiger partial charge in [0.1, 0.15) is 0 Å². The quantitative estimate of drug-likeness (QED) is 0.703. The van der Waals surface area contributed by atoms with Crippen molar-refractivity contribution in [2.45, 2.75) is 32.3 Å². The van der Waals surface area contributed by atoms with Gasteiger partial charge in [-0.05, 0) is 44.9 Å².